The number of hydrogen-bond donors (Lipinski definition) is 1. The molecule has 1 N–H and O–H groups in total. The SMILES string of the molecule is CCN(CC)CCC#CC(O)(c1ccccc1)C1CCCCC1.CI. The molecule has 25 heavy (non-hydrogen) atoms. The van der Waals surface area contributed by atoms with Crippen LogP contribution in [-0.2, 0) is 5.60 Å². The maximum absolute atomic E-state index is 11.4. The Morgan fingerprint density at radius 2 is 1.68 bits per heavy atom. The van der Waals surface area contributed by atoms with Crippen molar-refractivity contribution in [1.82, 2.24) is 4.90 Å². The number of rotatable bonds is 6. The molecule has 0 radical (unpaired) electrons. The highest BCUT2D eigenvalue weighted by Gasteiger charge is 2.37. The summed E-state index contributed by atoms with van der Waals surface area (Å²) in [6.45, 7) is 7.46. The van der Waals surface area contributed by atoms with Gasteiger partial charge in [0.2, 0.25) is 0 Å². The molecular formula is C22H34INO. The number of alkyl halides is 1. The lowest BCUT2D eigenvalue weighted by molar-refractivity contribution is 0.0159. The molecule has 0 aliphatic heterocycles. The molecule has 1 aromatic rings. The van der Waals surface area contributed by atoms with Gasteiger partial charge >= 0.3 is 0 Å². The van der Waals surface area contributed by atoms with Crippen LogP contribution < -0.4 is 0 Å². The van der Waals surface area contributed by atoms with Crippen molar-refractivity contribution in [3.8, 4) is 11.8 Å². The Kier molecular flexibility index (Phi) is 11.4. The van der Waals surface area contributed by atoms with Crippen LogP contribution in [0.5, 0.6) is 0 Å². The third kappa shape index (κ3) is 6.92. The summed E-state index contributed by atoms with van der Waals surface area (Å²) in [6, 6.07) is 10.0. The Morgan fingerprint density at radius 1 is 1.08 bits per heavy atom. The van der Waals surface area contributed by atoms with Gasteiger partial charge in [-0.1, -0.05) is 97.9 Å². The fourth-order valence-electron chi connectivity index (χ4n) is 3.57. The van der Waals surface area contributed by atoms with Gasteiger partial charge in [0.05, 0.1) is 0 Å². The van der Waals surface area contributed by atoms with Crippen LogP contribution in [0, 0.1) is 17.8 Å². The van der Waals surface area contributed by atoms with E-state index in [2.05, 4.69) is 53.2 Å². The summed E-state index contributed by atoms with van der Waals surface area (Å²) in [4.78, 5) is 4.34. The van der Waals surface area contributed by atoms with E-state index in [1.165, 1.54) is 19.3 Å². The molecule has 1 unspecified atom stereocenters. The van der Waals surface area contributed by atoms with Gasteiger partial charge in [0.15, 0.2) is 5.60 Å². The molecule has 0 amide bonds. The molecule has 0 bridgehead atoms. The van der Waals surface area contributed by atoms with Crippen LogP contribution >= 0.6 is 22.6 Å². The highest BCUT2D eigenvalue weighted by atomic mass is 127. The molecule has 0 heterocycles. The minimum absolute atomic E-state index is 0.264. The van der Waals surface area contributed by atoms with Crippen molar-refractivity contribution >= 4 is 22.6 Å². The third-order valence-corrected chi connectivity index (χ3v) is 5.14. The zero-order chi connectivity index (χ0) is 18.5. The summed E-state index contributed by atoms with van der Waals surface area (Å²) in [5, 5.41) is 11.4. The maximum atomic E-state index is 11.4. The van der Waals surface area contributed by atoms with Gasteiger partial charge in [0.25, 0.3) is 0 Å². The van der Waals surface area contributed by atoms with Gasteiger partial charge in [-0.2, -0.15) is 0 Å². The molecule has 0 spiro atoms. The molecule has 2 rings (SSSR count). The smallest absolute Gasteiger partial charge is 0.153 e. The summed E-state index contributed by atoms with van der Waals surface area (Å²) in [5.74, 6) is 6.81. The van der Waals surface area contributed by atoms with E-state index in [0.717, 1.165) is 44.5 Å². The maximum Gasteiger partial charge on any atom is 0.153 e. The standard InChI is InChI=1S/C21H31NO.CH3I/c1-3-22(4-2)18-12-11-17-21(23,19-13-7-5-8-14-19)20-15-9-6-10-16-20;1-2/h5,7-8,13-14,20,23H,3-4,6,9-10,12,15-16,18H2,1-2H3;1H3. The number of nitrogens with zero attached hydrogens (tertiary/aromatic N) is 1. The van der Waals surface area contributed by atoms with E-state index in [1.54, 1.807) is 0 Å². The minimum atomic E-state index is -0.981. The van der Waals surface area contributed by atoms with Gasteiger partial charge in [-0.05, 0) is 36.4 Å². The van der Waals surface area contributed by atoms with Gasteiger partial charge in [0.1, 0.15) is 0 Å². The molecular weight excluding hydrogens is 421 g/mol. The van der Waals surface area contributed by atoms with E-state index >= 15 is 0 Å². The Labute approximate surface area is 168 Å². The zero-order valence-corrected chi connectivity index (χ0v) is 18.3. The summed E-state index contributed by atoms with van der Waals surface area (Å²) in [6.07, 6.45) is 6.69. The molecule has 1 aliphatic rings. The first-order chi connectivity index (χ1) is 12.2. The fourth-order valence-corrected chi connectivity index (χ4v) is 3.57. The number of benzene rings is 1. The summed E-state index contributed by atoms with van der Waals surface area (Å²) >= 11 is 2.15. The molecule has 1 atom stereocenters. The first-order valence-corrected chi connectivity index (χ1v) is 11.7. The molecule has 1 fully saturated rings. The first kappa shape index (κ1) is 22.5. The van der Waals surface area contributed by atoms with Crippen molar-refractivity contribution in [2.45, 2.75) is 58.0 Å². The third-order valence-electron chi connectivity index (χ3n) is 5.14. The minimum Gasteiger partial charge on any atom is -0.373 e. The summed E-state index contributed by atoms with van der Waals surface area (Å²) in [5.41, 5.74) is -0.0208. The van der Waals surface area contributed by atoms with Crippen LogP contribution in [0.3, 0.4) is 0 Å². The largest absolute Gasteiger partial charge is 0.373 e. The quantitative estimate of drug-likeness (QED) is 0.360. The second-order valence-corrected chi connectivity index (χ2v) is 6.55. The molecule has 1 aliphatic carbocycles. The Hall–Kier alpha value is -0.570. The lowest BCUT2D eigenvalue weighted by atomic mass is 9.73. The number of halogens is 1. The van der Waals surface area contributed by atoms with Gasteiger partial charge < -0.3 is 10.0 Å². The Bertz CT molecular complexity index is 512. The van der Waals surface area contributed by atoms with E-state index in [9.17, 15) is 5.11 Å². The van der Waals surface area contributed by atoms with Crippen molar-refractivity contribution in [3.63, 3.8) is 0 Å². The Balaban J connectivity index is 0.00000151. The van der Waals surface area contributed by atoms with Crippen molar-refractivity contribution in [2.24, 2.45) is 5.92 Å². The fraction of sp³-hybridized carbons (Fsp3) is 0.636. The number of aliphatic hydroxyl groups is 1. The lowest BCUT2D eigenvalue weighted by Gasteiger charge is -2.35. The van der Waals surface area contributed by atoms with E-state index in [1.807, 2.05) is 35.3 Å². The molecule has 0 saturated heterocycles. The van der Waals surface area contributed by atoms with Gasteiger partial charge in [-0.3, -0.25) is 0 Å². The molecule has 3 heteroatoms. The highest BCUT2D eigenvalue weighted by molar-refractivity contribution is 14.1. The predicted octanol–water partition coefficient (Wildman–Crippen LogP) is 5.24. The zero-order valence-electron chi connectivity index (χ0n) is 16.1. The monoisotopic (exact) mass is 455 g/mol. The Morgan fingerprint density at radius 3 is 2.24 bits per heavy atom. The van der Waals surface area contributed by atoms with Crippen LogP contribution in [0.15, 0.2) is 30.3 Å². The first-order valence-electron chi connectivity index (χ1n) is 9.58. The van der Waals surface area contributed by atoms with Crippen molar-refractivity contribution in [3.05, 3.63) is 35.9 Å². The van der Waals surface area contributed by atoms with Crippen LogP contribution in [0.1, 0.15) is 57.9 Å². The van der Waals surface area contributed by atoms with Crippen molar-refractivity contribution < 1.29 is 5.11 Å². The number of hydrogen-bond acceptors (Lipinski definition) is 2. The summed E-state index contributed by atoms with van der Waals surface area (Å²) < 4.78 is 0. The van der Waals surface area contributed by atoms with Gasteiger partial charge in [0, 0.05) is 18.9 Å². The molecule has 0 aromatic heterocycles. The summed E-state index contributed by atoms with van der Waals surface area (Å²) in [7, 11) is 0. The van der Waals surface area contributed by atoms with Gasteiger partial charge in [-0.25, -0.2) is 0 Å². The predicted molar refractivity (Wildman–Crippen MR) is 117 cm³/mol. The van der Waals surface area contributed by atoms with E-state index < -0.39 is 5.60 Å². The van der Waals surface area contributed by atoms with Crippen LogP contribution in [0.2, 0.25) is 0 Å². The van der Waals surface area contributed by atoms with Crippen LogP contribution in [0.25, 0.3) is 0 Å². The average molecular weight is 455 g/mol. The normalized spacial score (nSPS) is 17.0. The molecule has 140 valence electrons. The van der Waals surface area contributed by atoms with Crippen LogP contribution in [-0.4, -0.2) is 34.6 Å². The second-order valence-electron chi connectivity index (χ2n) is 6.55. The molecule has 1 aromatic carbocycles. The molecule has 1 saturated carbocycles. The molecule has 2 nitrogen and oxygen atoms in total. The average Bonchev–Trinajstić information content (AvgIpc) is 2.71. The topological polar surface area (TPSA) is 23.5 Å². The van der Waals surface area contributed by atoms with Crippen LogP contribution in [0.4, 0.5) is 0 Å². The second kappa shape index (κ2) is 12.7. The van der Waals surface area contributed by atoms with Gasteiger partial charge in [-0.15, -0.1) is 0 Å². The van der Waals surface area contributed by atoms with E-state index in [4.69, 9.17) is 0 Å². The van der Waals surface area contributed by atoms with Crippen molar-refractivity contribution in [2.75, 3.05) is 24.6 Å². The van der Waals surface area contributed by atoms with Crippen molar-refractivity contribution in [1.29, 1.82) is 0 Å². The van der Waals surface area contributed by atoms with E-state index in [-0.39, 0.29) is 5.92 Å². The van der Waals surface area contributed by atoms with E-state index in [0.29, 0.717) is 0 Å². The highest BCUT2D eigenvalue weighted by Crippen LogP contribution is 2.39. The lowest BCUT2D eigenvalue weighted by Crippen LogP contribution is -2.35.